The lowest BCUT2D eigenvalue weighted by atomic mass is 9.86. The number of hydrogen-bond donors (Lipinski definition) is 4. The van der Waals surface area contributed by atoms with Crippen molar-refractivity contribution >= 4 is 15.4 Å². The predicted molar refractivity (Wildman–Crippen MR) is 155 cm³/mol. The molecule has 38 heavy (non-hydrogen) atoms. The molecule has 1 saturated carbocycles. The molecule has 4 N–H and O–H groups in total. The zero-order valence-electron chi connectivity index (χ0n) is 23.2. The van der Waals surface area contributed by atoms with Gasteiger partial charge in [-0.25, -0.2) is 4.79 Å². The van der Waals surface area contributed by atoms with Crippen molar-refractivity contribution in [2.75, 3.05) is 13.1 Å². The SMILES string of the molecule is CCCCCNCCC(O)(C=CC1OC(=O)C=CC1CC)C(CC(O)C=CC=CC1CCCC(O)C1)OP. The molecule has 2 rings (SSSR count). The second-order valence-electron chi connectivity index (χ2n) is 10.7. The minimum absolute atomic E-state index is 0.0429. The monoisotopic (exact) mass is 551 g/mol. The van der Waals surface area contributed by atoms with Gasteiger partial charge in [-0.3, -0.25) is 0 Å². The smallest absolute Gasteiger partial charge is 0.331 e. The van der Waals surface area contributed by atoms with Crippen LogP contribution in [0.4, 0.5) is 0 Å². The van der Waals surface area contributed by atoms with Crippen LogP contribution in [0.15, 0.2) is 48.6 Å². The molecule has 8 atom stereocenters. The fourth-order valence-electron chi connectivity index (χ4n) is 5.11. The molecule has 1 fully saturated rings. The summed E-state index contributed by atoms with van der Waals surface area (Å²) in [7, 11) is 2.23. The van der Waals surface area contributed by atoms with Crippen molar-refractivity contribution in [2.24, 2.45) is 11.8 Å². The van der Waals surface area contributed by atoms with Crippen LogP contribution in [-0.2, 0) is 14.1 Å². The number of ether oxygens (including phenoxy) is 1. The van der Waals surface area contributed by atoms with E-state index in [0.717, 1.165) is 57.9 Å². The Kier molecular flexibility index (Phi) is 15.6. The maximum absolute atomic E-state index is 11.8. The molecule has 0 bridgehead atoms. The van der Waals surface area contributed by atoms with E-state index in [-0.39, 0.29) is 24.4 Å². The molecular formula is C30H50NO6P. The van der Waals surface area contributed by atoms with Crippen LogP contribution < -0.4 is 5.32 Å². The van der Waals surface area contributed by atoms with Crippen LogP contribution in [0.2, 0.25) is 0 Å². The van der Waals surface area contributed by atoms with Crippen LogP contribution in [0.25, 0.3) is 0 Å². The van der Waals surface area contributed by atoms with Gasteiger partial charge >= 0.3 is 5.97 Å². The number of carbonyl (C=O) groups excluding carboxylic acids is 1. The second-order valence-corrected chi connectivity index (χ2v) is 10.9. The molecule has 0 radical (unpaired) electrons. The maximum atomic E-state index is 11.8. The highest BCUT2D eigenvalue weighted by Crippen LogP contribution is 2.29. The summed E-state index contributed by atoms with van der Waals surface area (Å²) in [6, 6.07) is 0. The van der Waals surface area contributed by atoms with E-state index in [1.54, 1.807) is 18.2 Å². The summed E-state index contributed by atoms with van der Waals surface area (Å²) in [6.45, 7) is 5.65. The van der Waals surface area contributed by atoms with Crippen molar-refractivity contribution in [3.05, 3.63) is 48.6 Å². The quantitative estimate of drug-likeness (QED) is 0.0691. The minimum Gasteiger partial charge on any atom is -0.454 e. The molecular weight excluding hydrogens is 501 g/mol. The summed E-state index contributed by atoms with van der Waals surface area (Å²) in [5, 5.41) is 35.7. The third-order valence-electron chi connectivity index (χ3n) is 7.55. The van der Waals surface area contributed by atoms with E-state index in [4.69, 9.17) is 9.26 Å². The number of hydrogen-bond acceptors (Lipinski definition) is 7. The van der Waals surface area contributed by atoms with Gasteiger partial charge in [0.1, 0.15) is 11.7 Å². The van der Waals surface area contributed by atoms with E-state index in [2.05, 4.69) is 27.8 Å². The van der Waals surface area contributed by atoms with Crippen LogP contribution in [0, 0.1) is 11.8 Å². The molecule has 0 amide bonds. The standard InChI is InChI=1S/C30H50NO6P/c1-3-5-8-19-31-20-18-30(35,17-16-27-24(4-2)14-15-29(34)36-27)28(37-38)22-26(33)12-7-6-10-23-11-9-13-25(32)21-23/h6-7,10,12,14-17,23-28,31-33,35H,3-5,8-9,11,13,18-22,38H2,1-2H3. The number of cyclic esters (lactones) is 1. The Morgan fingerprint density at radius 1 is 1.24 bits per heavy atom. The number of esters is 1. The average molecular weight is 552 g/mol. The Morgan fingerprint density at radius 3 is 2.76 bits per heavy atom. The van der Waals surface area contributed by atoms with E-state index in [0.29, 0.717) is 18.9 Å². The van der Waals surface area contributed by atoms with E-state index in [1.165, 1.54) is 6.08 Å². The normalized spacial score (nSPS) is 27.7. The van der Waals surface area contributed by atoms with Crippen LogP contribution in [0.1, 0.15) is 78.1 Å². The summed E-state index contributed by atoms with van der Waals surface area (Å²) in [6.07, 6.45) is 20.6. The van der Waals surface area contributed by atoms with Gasteiger partial charge < -0.3 is 29.9 Å². The summed E-state index contributed by atoms with van der Waals surface area (Å²) < 4.78 is 11.1. The second kappa shape index (κ2) is 18.1. The predicted octanol–water partition coefficient (Wildman–Crippen LogP) is 4.54. The van der Waals surface area contributed by atoms with E-state index in [9.17, 15) is 20.1 Å². The Morgan fingerprint density at radius 2 is 2.05 bits per heavy atom. The average Bonchev–Trinajstić information content (AvgIpc) is 2.90. The summed E-state index contributed by atoms with van der Waals surface area (Å²) in [4.78, 5) is 11.8. The van der Waals surface area contributed by atoms with Crippen molar-refractivity contribution in [2.45, 2.75) is 108 Å². The highest BCUT2D eigenvalue weighted by Gasteiger charge is 2.36. The third kappa shape index (κ3) is 11.8. The van der Waals surface area contributed by atoms with Crippen molar-refractivity contribution in [1.82, 2.24) is 5.32 Å². The molecule has 0 aromatic carbocycles. The van der Waals surface area contributed by atoms with Crippen LogP contribution in [0.3, 0.4) is 0 Å². The first kappa shape index (κ1) is 32.9. The van der Waals surface area contributed by atoms with Crippen molar-refractivity contribution in [1.29, 1.82) is 0 Å². The zero-order valence-corrected chi connectivity index (χ0v) is 24.4. The van der Waals surface area contributed by atoms with Gasteiger partial charge in [0.25, 0.3) is 0 Å². The topological polar surface area (TPSA) is 108 Å². The summed E-state index contributed by atoms with van der Waals surface area (Å²) in [5.41, 5.74) is -1.38. The summed E-state index contributed by atoms with van der Waals surface area (Å²) in [5.74, 6) is 0.0152. The van der Waals surface area contributed by atoms with E-state index >= 15 is 0 Å². The molecule has 8 heteroatoms. The molecule has 8 unspecified atom stereocenters. The first-order valence-electron chi connectivity index (χ1n) is 14.4. The van der Waals surface area contributed by atoms with Gasteiger partial charge in [0.05, 0.1) is 18.3 Å². The fraction of sp³-hybridized carbons (Fsp3) is 0.700. The highest BCUT2D eigenvalue weighted by atomic mass is 31.0. The number of carbonyl (C=O) groups is 1. The molecule has 0 spiro atoms. The first-order valence-corrected chi connectivity index (χ1v) is 14.9. The Balaban J connectivity index is 2.06. The van der Waals surface area contributed by atoms with Crippen molar-refractivity contribution in [3.63, 3.8) is 0 Å². The van der Waals surface area contributed by atoms with Crippen LogP contribution >= 0.6 is 9.47 Å². The van der Waals surface area contributed by atoms with Gasteiger partial charge in [-0.15, -0.1) is 0 Å². The van der Waals surface area contributed by atoms with Crippen LogP contribution in [-0.4, -0.2) is 64.4 Å². The molecule has 0 saturated heterocycles. The molecule has 1 aliphatic heterocycles. The Labute approximate surface area is 231 Å². The number of unbranched alkanes of at least 4 members (excludes halogenated alkanes) is 2. The molecule has 0 aromatic rings. The van der Waals surface area contributed by atoms with Crippen molar-refractivity contribution in [3.8, 4) is 0 Å². The Bertz CT molecular complexity index is 800. The van der Waals surface area contributed by atoms with E-state index < -0.39 is 23.9 Å². The molecule has 0 aromatic heterocycles. The maximum Gasteiger partial charge on any atom is 0.331 e. The number of allylic oxidation sites excluding steroid dienone is 3. The fourth-order valence-corrected chi connectivity index (χ4v) is 5.46. The number of rotatable bonds is 17. The lowest BCUT2D eigenvalue weighted by Crippen LogP contribution is -2.45. The van der Waals surface area contributed by atoms with Gasteiger partial charge in [-0.1, -0.05) is 69.6 Å². The zero-order chi connectivity index (χ0) is 27.8. The molecule has 1 aliphatic carbocycles. The van der Waals surface area contributed by atoms with E-state index in [1.807, 2.05) is 25.2 Å². The third-order valence-corrected chi connectivity index (χ3v) is 7.88. The largest absolute Gasteiger partial charge is 0.454 e. The first-order chi connectivity index (χ1) is 18.3. The number of aliphatic hydroxyl groups excluding tert-OH is 2. The number of nitrogens with one attached hydrogen (secondary N) is 1. The van der Waals surface area contributed by atoms with Crippen LogP contribution in [0.5, 0.6) is 0 Å². The molecule has 7 nitrogen and oxygen atoms in total. The minimum atomic E-state index is -1.38. The van der Waals surface area contributed by atoms with Gasteiger partial charge in [0.15, 0.2) is 0 Å². The van der Waals surface area contributed by atoms with Gasteiger partial charge in [-0.2, -0.15) is 0 Å². The molecule has 1 heterocycles. The lowest BCUT2D eigenvalue weighted by Gasteiger charge is -2.34. The molecule has 2 aliphatic rings. The van der Waals surface area contributed by atoms with Gasteiger partial charge in [0.2, 0.25) is 0 Å². The molecule has 216 valence electrons. The van der Waals surface area contributed by atoms with Gasteiger partial charge in [-0.05, 0) is 63.6 Å². The van der Waals surface area contributed by atoms with Crippen molar-refractivity contribution < 1.29 is 29.4 Å². The Hall–Kier alpha value is -1.34. The highest BCUT2D eigenvalue weighted by molar-refractivity contribution is 7.09. The number of aliphatic hydroxyl groups is 3. The van der Waals surface area contributed by atoms with Gasteiger partial charge in [0, 0.05) is 27.9 Å². The lowest BCUT2D eigenvalue weighted by molar-refractivity contribution is -0.143. The summed E-state index contributed by atoms with van der Waals surface area (Å²) >= 11 is 0.